The van der Waals surface area contributed by atoms with Crippen molar-refractivity contribution < 1.29 is 17.9 Å². The molecule has 170 valence electrons. The van der Waals surface area contributed by atoms with E-state index in [0.29, 0.717) is 25.2 Å². The van der Waals surface area contributed by atoms with Gasteiger partial charge in [0, 0.05) is 32.3 Å². The standard InChI is InChI=1S/C24H24N4O4S/c1-26-13-11-23(25-26)33(30,31)28(17-19-6-4-3-5-7-19)22-9-8-21-18-27(14-10-20(21)16-22)24(29)12-15-32-2/h3-9,11,13,16H,10,14,17-18H2,1-2H3. The highest BCUT2D eigenvalue weighted by Crippen LogP contribution is 2.29. The summed E-state index contributed by atoms with van der Waals surface area (Å²) in [6, 6.07) is 16.5. The number of amides is 1. The Morgan fingerprint density at radius 1 is 1.15 bits per heavy atom. The number of fused-ring (bicyclic) bond motifs is 1. The smallest absolute Gasteiger partial charge is 0.302 e. The summed E-state index contributed by atoms with van der Waals surface area (Å²) >= 11 is 0. The van der Waals surface area contributed by atoms with Gasteiger partial charge in [0.05, 0.1) is 19.3 Å². The van der Waals surface area contributed by atoms with E-state index in [9.17, 15) is 13.2 Å². The Morgan fingerprint density at radius 3 is 2.64 bits per heavy atom. The van der Waals surface area contributed by atoms with Gasteiger partial charge in [0.2, 0.25) is 0 Å². The number of aromatic nitrogens is 2. The van der Waals surface area contributed by atoms with Gasteiger partial charge >= 0.3 is 5.91 Å². The van der Waals surface area contributed by atoms with Gasteiger partial charge < -0.3 is 9.64 Å². The SMILES string of the molecule is COC#CC(=O)N1CCc2cc(N(Cc3ccccc3)S(=O)(=O)c3ccn(C)n3)ccc2C1. The van der Waals surface area contributed by atoms with Crippen LogP contribution in [-0.4, -0.2) is 42.7 Å². The lowest BCUT2D eigenvalue weighted by Crippen LogP contribution is -2.35. The van der Waals surface area contributed by atoms with Crippen molar-refractivity contribution in [3.05, 3.63) is 77.5 Å². The lowest BCUT2D eigenvalue weighted by Gasteiger charge is -2.29. The number of carbonyl (C=O) groups is 1. The van der Waals surface area contributed by atoms with E-state index < -0.39 is 10.0 Å². The van der Waals surface area contributed by atoms with Crippen molar-refractivity contribution in [1.82, 2.24) is 14.7 Å². The largest absolute Gasteiger partial charge is 0.450 e. The van der Waals surface area contributed by atoms with Crippen molar-refractivity contribution in [2.45, 2.75) is 24.5 Å². The number of carbonyl (C=O) groups excluding carboxylic acids is 1. The Morgan fingerprint density at radius 2 is 1.94 bits per heavy atom. The summed E-state index contributed by atoms with van der Waals surface area (Å²) in [4.78, 5) is 13.9. The average Bonchev–Trinajstić information content (AvgIpc) is 3.28. The molecule has 33 heavy (non-hydrogen) atoms. The fourth-order valence-electron chi connectivity index (χ4n) is 3.75. The van der Waals surface area contributed by atoms with Crippen LogP contribution >= 0.6 is 0 Å². The summed E-state index contributed by atoms with van der Waals surface area (Å²) in [6.07, 6.45) is 4.54. The number of methoxy groups -OCH3 is 1. The third-order valence-electron chi connectivity index (χ3n) is 5.45. The van der Waals surface area contributed by atoms with Crippen molar-refractivity contribution in [1.29, 1.82) is 0 Å². The molecule has 1 aliphatic heterocycles. The molecular formula is C24H24N4O4S. The predicted octanol–water partition coefficient (Wildman–Crippen LogP) is 2.31. The van der Waals surface area contributed by atoms with Gasteiger partial charge in [-0.25, -0.2) is 0 Å². The predicted molar refractivity (Wildman–Crippen MR) is 123 cm³/mol. The molecule has 8 nitrogen and oxygen atoms in total. The van der Waals surface area contributed by atoms with Crippen LogP contribution in [0.1, 0.15) is 16.7 Å². The van der Waals surface area contributed by atoms with Crippen LogP contribution in [0.4, 0.5) is 5.69 Å². The Balaban J connectivity index is 1.68. The van der Waals surface area contributed by atoms with E-state index >= 15 is 0 Å². The molecule has 2 aromatic carbocycles. The van der Waals surface area contributed by atoms with Crippen LogP contribution in [0, 0.1) is 12.0 Å². The molecule has 0 unspecified atom stereocenters. The molecule has 4 rings (SSSR count). The quantitative estimate of drug-likeness (QED) is 0.541. The molecular weight excluding hydrogens is 440 g/mol. The zero-order valence-electron chi connectivity index (χ0n) is 18.4. The molecule has 0 saturated heterocycles. The highest BCUT2D eigenvalue weighted by atomic mass is 32.2. The van der Waals surface area contributed by atoms with Crippen molar-refractivity contribution in [2.24, 2.45) is 7.05 Å². The first-order chi connectivity index (χ1) is 15.9. The Kier molecular flexibility index (Phi) is 6.38. The fraction of sp³-hybridized carbons (Fsp3) is 0.250. The Labute approximate surface area is 193 Å². The van der Waals surface area contributed by atoms with Gasteiger partial charge in [0.15, 0.2) is 5.03 Å². The van der Waals surface area contributed by atoms with Crippen LogP contribution in [0.5, 0.6) is 0 Å². The second-order valence-electron chi connectivity index (χ2n) is 7.69. The normalized spacial score (nSPS) is 13.0. The number of nitrogens with zero attached hydrogens (tertiary/aromatic N) is 4. The van der Waals surface area contributed by atoms with Gasteiger partial charge in [-0.3, -0.25) is 13.8 Å². The van der Waals surface area contributed by atoms with Gasteiger partial charge in [0.25, 0.3) is 10.0 Å². The molecule has 3 aromatic rings. The number of hydrogen-bond donors (Lipinski definition) is 0. The van der Waals surface area contributed by atoms with Gasteiger partial charge in [-0.1, -0.05) is 36.4 Å². The lowest BCUT2D eigenvalue weighted by molar-refractivity contribution is -0.126. The minimum Gasteiger partial charge on any atom is -0.450 e. The third kappa shape index (κ3) is 4.86. The average molecular weight is 465 g/mol. The first-order valence-corrected chi connectivity index (χ1v) is 11.8. The van der Waals surface area contributed by atoms with Crippen molar-refractivity contribution in [2.75, 3.05) is 18.0 Å². The number of rotatable bonds is 5. The molecule has 0 atom stereocenters. The summed E-state index contributed by atoms with van der Waals surface area (Å²) < 4.78 is 34.6. The van der Waals surface area contributed by atoms with E-state index in [1.807, 2.05) is 42.5 Å². The van der Waals surface area contributed by atoms with Crippen molar-refractivity contribution >= 4 is 21.6 Å². The number of ether oxygens (including phenoxy) is 1. The van der Waals surface area contributed by atoms with E-state index in [0.717, 1.165) is 16.7 Å². The number of aryl methyl sites for hydroxylation is 1. The minimum absolute atomic E-state index is 0.00728. The van der Waals surface area contributed by atoms with Crippen LogP contribution in [0.2, 0.25) is 0 Å². The topological polar surface area (TPSA) is 84.7 Å². The highest BCUT2D eigenvalue weighted by molar-refractivity contribution is 7.92. The minimum atomic E-state index is -3.89. The first-order valence-electron chi connectivity index (χ1n) is 10.4. The van der Waals surface area contributed by atoms with Crippen LogP contribution in [0.3, 0.4) is 0 Å². The molecule has 0 fully saturated rings. The molecule has 0 radical (unpaired) electrons. The number of benzene rings is 2. The molecule has 0 spiro atoms. The van der Waals surface area contributed by atoms with Crippen LogP contribution in [0.15, 0.2) is 65.8 Å². The van der Waals surface area contributed by atoms with Crippen LogP contribution in [-0.2, 0) is 46.1 Å². The maximum Gasteiger partial charge on any atom is 0.302 e. The molecule has 0 bridgehead atoms. The second-order valence-corrected chi connectivity index (χ2v) is 9.50. The fourth-order valence-corrected chi connectivity index (χ4v) is 5.15. The van der Waals surface area contributed by atoms with Gasteiger partial charge in [-0.05, 0) is 41.3 Å². The van der Waals surface area contributed by atoms with E-state index in [4.69, 9.17) is 0 Å². The van der Waals surface area contributed by atoms with Gasteiger partial charge in [0.1, 0.15) is 6.11 Å². The van der Waals surface area contributed by atoms with E-state index in [1.54, 1.807) is 24.2 Å². The summed E-state index contributed by atoms with van der Waals surface area (Å²) in [7, 11) is -0.794. The monoisotopic (exact) mass is 464 g/mol. The van der Waals surface area contributed by atoms with Crippen LogP contribution < -0.4 is 4.31 Å². The maximum atomic E-state index is 13.5. The Bertz CT molecular complexity index is 1320. The zero-order chi connectivity index (χ0) is 23.4. The third-order valence-corrected chi connectivity index (χ3v) is 7.12. The molecule has 2 heterocycles. The van der Waals surface area contributed by atoms with Crippen molar-refractivity contribution in [3.63, 3.8) is 0 Å². The molecule has 0 N–H and O–H groups in total. The van der Waals surface area contributed by atoms with Gasteiger partial charge in [-0.15, -0.1) is 0 Å². The number of anilines is 1. The first kappa shape index (κ1) is 22.4. The molecule has 1 amide bonds. The Hall–Kier alpha value is -3.77. The number of hydrogen-bond acceptors (Lipinski definition) is 5. The van der Waals surface area contributed by atoms with Gasteiger partial charge in [-0.2, -0.15) is 13.5 Å². The summed E-state index contributed by atoms with van der Waals surface area (Å²) in [5.74, 6) is 2.15. The van der Waals surface area contributed by atoms with E-state index in [2.05, 4.69) is 21.9 Å². The van der Waals surface area contributed by atoms with Crippen LogP contribution in [0.25, 0.3) is 0 Å². The maximum absolute atomic E-state index is 13.5. The molecule has 1 aliphatic rings. The molecule has 1 aromatic heterocycles. The highest BCUT2D eigenvalue weighted by Gasteiger charge is 2.29. The summed E-state index contributed by atoms with van der Waals surface area (Å²) in [5.41, 5.74) is 3.39. The second kappa shape index (κ2) is 9.38. The van der Waals surface area contributed by atoms with E-state index in [-0.39, 0.29) is 17.5 Å². The summed E-state index contributed by atoms with van der Waals surface area (Å²) in [5, 5.41) is 4.12. The molecule has 0 saturated carbocycles. The number of sulfonamides is 1. The van der Waals surface area contributed by atoms with E-state index in [1.165, 1.54) is 22.2 Å². The molecule has 0 aliphatic carbocycles. The van der Waals surface area contributed by atoms with Crippen molar-refractivity contribution in [3.8, 4) is 12.0 Å². The molecule has 9 heteroatoms. The lowest BCUT2D eigenvalue weighted by atomic mass is 9.99. The summed E-state index contributed by atoms with van der Waals surface area (Å²) in [6.45, 7) is 1.09. The zero-order valence-corrected chi connectivity index (χ0v) is 19.2.